The number of rotatable bonds is 8. The van der Waals surface area contributed by atoms with Crippen molar-refractivity contribution in [2.45, 2.75) is 6.61 Å². The molecule has 4 rings (SSSR count). The first-order valence-corrected chi connectivity index (χ1v) is 10.3. The molecule has 3 aromatic rings. The zero-order valence-electron chi connectivity index (χ0n) is 18.2. The van der Waals surface area contributed by atoms with Crippen molar-refractivity contribution in [3.8, 4) is 23.0 Å². The fourth-order valence-electron chi connectivity index (χ4n) is 3.39. The van der Waals surface area contributed by atoms with E-state index in [1.54, 1.807) is 42.5 Å². The van der Waals surface area contributed by atoms with Crippen LogP contribution in [0.15, 0.2) is 60.7 Å². The summed E-state index contributed by atoms with van der Waals surface area (Å²) in [6.45, 7) is 0.789. The fraction of sp³-hybridized carbons (Fsp3) is 0.160. The predicted molar refractivity (Wildman–Crippen MR) is 121 cm³/mol. The van der Waals surface area contributed by atoms with E-state index in [4.69, 9.17) is 18.9 Å². The van der Waals surface area contributed by atoms with Crippen molar-refractivity contribution in [2.75, 3.05) is 20.3 Å². The summed E-state index contributed by atoms with van der Waals surface area (Å²) in [5, 5.41) is 11.2. The molecule has 3 aromatic carbocycles. The monoisotopic (exact) mass is 465 g/mol. The smallest absolute Gasteiger partial charge is 0.311 e. The van der Waals surface area contributed by atoms with Crippen LogP contribution in [0.25, 0.3) is 6.08 Å². The van der Waals surface area contributed by atoms with Crippen LogP contribution in [0.5, 0.6) is 23.0 Å². The molecule has 1 heterocycles. The van der Waals surface area contributed by atoms with Gasteiger partial charge in [0.05, 0.1) is 12.0 Å². The summed E-state index contributed by atoms with van der Waals surface area (Å²) in [5.74, 6) is 0.546. The molecule has 1 aliphatic rings. The Balaban J connectivity index is 1.51. The number of methoxy groups -OCH3 is 1. The van der Waals surface area contributed by atoms with E-state index in [0.717, 1.165) is 18.2 Å². The molecule has 0 unspecified atom stereocenters. The Bertz CT molecular complexity index is 1270. The van der Waals surface area contributed by atoms with E-state index in [2.05, 4.69) is 0 Å². The minimum Gasteiger partial charge on any atom is -0.496 e. The molecular weight excluding hydrogens is 445 g/mol. The van der Waals surface area contributed by atoms with Crippen LogP contribution in [0.4, 0.5) is 10.1 Å². The molecule has 0 bridgehead atoms. The summed E-state index contributed by atoms with van der Waals surface area (Å²) in [5.41, 5.74) is 1.35. The molecule has 174 valence electrons. The normalized spacial score (nSPS) is 12.4. The molecule has 9 heteroatoms. The first-order chi connectivity index (χ1) is 16.4. The molecule has 0 N–H and O–H groups in total. The van der Waals surface area contributed by atoms with Crippen LogP contribution < -0.4 is 18.9 Å². The number of fused-ring (bicyclic) bond motifs is 1. The quantitative estimate of drug-likeness (QED) is 0.200. The van der Waals surface area contributed by atoms with E-state index < -0.39 is 10.7 Å². The van der Waals surface area contributed by atoms with Crippen LogP contribution in [0, 0.1) is 15.9 Å². The van der Waals surface area contributed by atoms with Crippen molar-refractivity contribution in [1.82, 2.24) is 0 Å². The van der Waals surface area contributed by atoms with Crippen molar-refractivity contribution in [3.63, 3.8) is 0 Å². The molecule has 0 spiro atoms. The molecule has 0 aromatic heterocycles. The van der Waals surface area contributed by atoms with Gasteiger partial charge in [-0.25, -0.2) is 4.39 Å². The Kier molecular flexibility index (Phi) is 6.72. The van der Waals surface area contributed by atoms with Crippen LogP contribution in [0.1, 0.15) is 21.5 Å². The third kappa shape index (κ3) is 5.15. The standard InChI is InChI=1S/C25H20FNO7/c1-31-22-8-3-16(2-7-21(28)17-4-9-23-25(13-17)33-11-10-32-23)12-18(22)15-34-24-14-19(26)5-6-20(24)27(29)30/h2-9,12-14H,10-11,15H2,1H3/b7-2+. The molecule has 0 amide bonds. The molecule has 0 radical (unpaired) electrons. The number of halogens is 1. The molecule has 1 aliphatic heterocycles. The molecule has 0 atom stereocenters. The van der Waals surface area contributed by atoms with Gasteiger partial charge in [-0.2, -0.15) is 0 Å². The first kappa shape index (κ1) is 22.8. The number of nitro benzene ring substituents is 1. The van der Waals surface area contributed by atoms with Gasteiger partial charge >= 0.3 is 5.69 Å². The van der Waals surface area contributed by atoms with Crippen molar-refractivity contribution in [3.05, 3.63) is 93.3 Å². The highest BCUT2D eigenvalue weighted by molar-refractivity contribution is 6.07. The van der Waals surface area contributed by atoms with Crippen LogP contribution in [0.2, 0.25) is 0 Å². The van der Waals surface area contributed by atoms with E-state index in [9.17, 15) is 19.3 Å². The third-order valence-corrected chi connectivity index (χ3v) is 5.06. The van der Waals surface area contributed by atoms with Crippen molar-refractivity contribution >= 4 is 17.5 Å². The number of nitrogens with zero attached hydrogens (tertiary/aromatic N) is 1. The minimum absolute atomic E-state index is 0.106. The number of allylic oxidation sites excluding steroid dienone is 1. The maximum Gasteiger partial charge on any atom is 0.311 e. The second-order valence-corrected chi connectivity index (χ2v) is 7.29. The summed E-state index contributed by atoms with van der Waals surface area (Å²) in [4.78, 5) is 23.2. The van der Waals surface area contributed by atoms with Gasteiger partial charge in [-0.3, -0.25) is 14.9 Å². The number of nitro groups is 1. The van der Waals surface area contributed by atoms with E-state index in [0.29, 0.717) is 47.2 Å². The van der Waals surface area contributed by atoms with Gasteiger partial charge in [-0.15, -0.1) is 0 Å². The third-order valence-electron chi connectivity index (χ3n) is 5.06. The van der Waals surface area contributed by atoms with Crippen LogP contribution in [0.3, 0.4) is 0 Å². The minimum atomic E-state index is -0.651. The molecule has 34 heavy (non-hydrogen) atoms. The molecular formula is C25H20FNO7. The summed E-state index contributed by atoms with van der Waals surface area (Å²) in [6.07, 6.45) is 3.06. The zero-order valence-corrected chi connectivity index (χ0v) is 18.2. The Hall–Kier alpha value is -4.40. The van der Waals surface area contributed by atoms with Gasteiger partial charge in [-0.1, -0.05) is 12.1 Å². The van der Waals surface area contributed by atoms with E-state index in [1.807, 2.05) is 0 Å². The predicted octanol–water partition coefficient (Wildman–Crippen LogP) is 4.99. The number of hydrogen-bond acceptors (Lipinski definition) is 7. The topological polar surface area (TPSA) is 97.1 Å². The maximum absolute atomic E-state index is 13.6. The number of ketones is 1. The highest BCUT2D eigenvalue weighted by Gasteiger charge is 2.17. The highest BCUT2D eigenvalue weighted by atomic mass is 19.1. The van der Waals surface area contributed by atoms with Crippen LogP contribution in [-0.4, -0.2) is 31.0 Å². The molecule has 8 nitrogen and oxygen atoms in total. The second-order valence-electron chi connectivity index (χ2n) is 7.29. The largest absolute Gasteiger partial charge is 0.496 e. The average Bonchev–Trinajstić information content (AvgIpc) is 2.85. The highest BCUT2D eigenvalue weighted by Crippen LogP contribution is 2.32. The van der Waals surface area contributed by atoms with Gasteiger partial charge in [0, 0.05) is 23.3 Å². The lowest BCUT2D eigenvalue weighted by Crippen LogP contribution is -2.15. The summed E-state index contributed by atoms with van der Waals surface area (Å²) >= 11 is 0. The summed E-state index contributed by atoms with van der Waals surface area (Å²) in [6, 6.07) is 13.2. The number of ether oxygens (including phenoxy) is 4. The Morgan fingerprint density at radius 3 is 2.62 bits per heavy atom. The van der Waals surface area contributed by atoms with E-state index in [-0.39, 0.29) is 23.8 Å². The Labute approximate surface area is 194 Å². The molecule has 0 fully saturated rings. The summed E-state index contributed by atoms with van der Waals surface area (Å²) < 4.78 is 35.4. The van der Waals surface area contributed by atoms with Gasteiger partial charge in [-0.05, 0) is 48.0 Å². The number of carbonyl (C=O) groups is 1. The molecule has 0 saturated heterocycles. The van der Waals surface area contributed by atoms with Gasteiger partial charge in [0.15, 0.2) is 23.0 Å². The Morgan fingerprint density at radius 1 is 1.06 bits per heavy atom. The van der Waals surface area contributed by atoms with Crippen LogP contribution in [-0.2, 0) is 6.61 Å². The SMILES string of the molecule is COc1ccc(/C=C/C(=O)c2ccc3c(c2)OCCO3)cc1COc1cc(F)ccc1[N+](=O)[O-]. The first-order valence-electron chi connectivity index (χ1n) is 10.3. The lowest BCUT2D eigenvalue weighted by Gasteiger charge is -2.18. The molecule has 0 aliphatic carbocycles. The lowest BCUT2D eigenvalue weighted by molar-refractivity contribution is -0.386. The van der Waals surface area contributed by atoms with Crippen molar-refractivity contribution in [2.24, 2.45) is 0 Å². The van der Waals surface area contributed by atoms with Gasteiger partial charge in [0.2, 0.25) is 0 Å². The van der Waals surface area contributed by atoms with Crippen LogP contribution >= 0.6 is 0 Å². The van der Waals surface area contributed by atoms with Gasteiger partial charge in [0.25, 0.3) is 0 Å². The number of hydrogen-bond donors (Lipinski definition) is 0. The number of benzene rings is 3. The van der Waals surface area contributed by atoms with Gasteiger partial charge in [0.1, 0.15) is 31.4 Å². The second kappa shape index (κ2) is 10.0. The van der Waals surface area contributed by atoms with Crippen molar-refractivity contribution < 1.29 is 33.1 Å². The fourth-order valence-corrected chi connectivity index (χ4v) is 3.39. The van der Waals surface area contributed by atoms with E-state index in [1.165, 1.54) is 13.2 Å². The average molecular weight is 465 g/mol. The summed E-state index contributed by atoms with van der Waals surface area (Å²) in [7, 11) is 1.48. The molecule has 0 saturated carbocycles. The van der Waals surface area contributed by atoms with Gasteiger partial charge < -0.3 is 18.9 Å². The zero-order chi connectivity index (χ0) is 24.1. The Morgan fingerprint density at radius 2 is 1.85 bits per heavy atom. The maximum atomic E-state index is 13.6. The van der Waals surface area contributed by atoms with Crippen molar-refractivity contribution in [1.29, 1.82) is 0 Å². The van der Waals surface area contributed by atoms with E-state index >= 15 is 0 Å². The lowest BCUT2D eigenvalue weighted by atomic mass is 10.1. The number of carbonyl (C=O) groups excluding carboxylic acids is 1.